The average molecular weight is 189 g/mol. The van der Waals surface area contributed by atoms with Gasteiger partial charge in [-0.3, -0.25) is 8.93 Å². The molecule has 1 fully saturated rings. The van der Waals surface area contributed by atoms with Gasteiger partial charge in [0.1, 0.15) is 6.07 Å². The topological polar surface area (TPSA) is 102 Å². The van der Waals surface area contributed by atoms with Crippen molar-refractivity contribution >= 4 is 17.4 Å². The van der Waals surface area contributed by atoms with Crippen LogP contribution in [-0.4, -0.2) is 20.5 Å². The summed E-state index contributed by atoms with van der Waals surface area (Å²) in [5.41, 5.74) is -1.08. The summed E-state index contributed by atoms with van der Waals surface area (Å²) in [5, 5.41) is 8.43. The molecule has 1 atom stereocenters. The summed E-state index contributed by atoms with van der Waals surface area (Å²) in [6, 6.07) is 1.77. The summed E-state index contributed by atoms with van der Waals surface area (Å²) in [5.74, 6) is 0. The lowest BCUT2D eigenvalue weighted by atomic mass is 10.4. The molecule has 1 saturated carbocycles. The van der Waals surface area contributed by atoms with Gasteiger partial charge < -0.3 is 9.29 Å². The molecule has 66 valence electrons. The Labute approximate surface area is 70.9 Å². The number of hydrogen-bond donors (Lipinski definition) is 1. The van der Waals surface area contributed by atoms with Gasteiger partial charge in [-0.15, -0.1) is 0 Å². The lowest BCUT2D eigenvalue weighted by molar-refractivity contribution is 0.117. The van der Waals surface area contributed by atoms with Crippen molar-refractivity contribution < 1.29 is 18.3 Å². The van der Waals surface area contributed by atoms with E-state index < -0.39 is 23.0 Å². The zero-order valence-corrected chi connectivity index (χ0v) is 6.72. The largest absolute Gasteiger partial charge is 0.755 e. The monoisotopic (exact) mass is 189 g/mol. The predicted octanol–water partition coefficient (Wildman–Crippen LogP) is -0.437. The SMILES string of the molecule is N#CC1(OC(=O)NS(=O)[O-])CC1. The van der Waals surface area contributed by atoms with Crippen molar-refractivity contribution in [3.05, 3.63) is 0 Å². The summed E-state index contributed by atoms with van der Waals surface area (Å²) < 4.78 is 25.8. The van der Waals surface area contributed by atoms with Gasteiger partial charge in [0.25, 0.3) is 0 Å². The van der Waals surface area contributed by atoms with Crippen LogP contribution in [0.5, 0.6) is 0 Å². The van der Waals surface area contributed by atoms with Crippen molar-refractivity contribution in [3.63, 3.8) is 0 Å². The van der Waals surface area contributed by atoms with Gasteiger partial charge in [-0.25, -0.2) is 4.79 Å². The molecule has 0 bridgehead atoms. The first-order valence-corrected chi connectivity index (χ1v) is 4.16. The van der Waals surface area contributed by atoms with E-state index in [1.54, 1.807) is 6.07 Å². The lowest BCUT2D eigenvalue weighted by Gasteiger charge is -2.10. The van der Waals surface area contributed by atoms with E-state index in [2.05, 4.69) is 4.74 Å². The zero-order valence-electron chi connectivity index (χ0n) is 5.90. The minimum Gasteiger partial charge on any atom is -0.755 e. The Morgan fingerprint density at radius 3 is 2.67 bits per heavy atom. The van der Waals surface area contributed by atoms with Gasteiger partial charge in [-0.05, 0) is 0 Å². The van der Waals surface area contributed by atoms with Crippen molar-refractivity contribution in [2.45, 2.75) is 18.4 Å². The average Bonchev–Trinajstić information content (AvgIpc) is 2.67. The molecule has 0 aromatic heterocycles. The van der Waals surface area contributed by atoms with Gasteiger partial charge in [-0.2, -0.15) is 5.26 Å². The number of rotatable bonds is 2. The Morgan fingerprint density at radius 1 is 1.75 bits per heavy atom. The van der Waals surface area contributed by atoms with Crippen LogP contribution in [0.25, 0.3) is 0 Å². The molecule has 0 aromatic carbocycles. The standard InChI is InChI=1S/C5H6N2O4S/c6-3-5(1-2-5)11-4(8)7-12(9)10/h1-2H2,(H,7,8)(H,9,10)/p-1. The fourth-order valence-electron chi connectivity index (χ4n) is 0.617. The molecule has 6 nitrogen and oxygen atoms in total. The number of carbonyl (C=O) groups excluding carboxylic acids is 1. The predicted molar refractivity (Wildman–Crippen MR) is 36.1 cm³/mol. The van der Waals surface area contributed by atoms with E-state index in [1.165, 1.54) is 4.72 Å². The summed E-state index contributed by atoms with van der Waals surface area (Å²) >= 11 is -2.69. The Morgan fingerprint density at radius 2 is 2.33 bits per heavy atom. The smallest absolute Gasteiger partial charge is 0.419 e. The van der Waals surface area contributed by atoms with E-state index >= 15 is 0 Å². The van der Waals surface area contributed by atoms with Gasteiger partial charge in [0.15, 0.2) is 5.60 Å². The van der Waals surface area contributed by atoms with E-state index in [4.69, 9.17) is 5.26 Å². The van der Waals surface area contributed by atoms with Crippen molar-refractivity contribution in [2.75, 3.05) is 0 Å². The van der Waals surface area contributed by atoms with Crippen LogP contribution in [0, 0.1) is 11.3 Å². The molecule has 12 heavy (non-hydrogen) atoms. The molecular weight excluding hydrogens is 184 g/mol. The molecule has 0 radical (unpaired) electrons. The number of nitriles is 1. The van der Waals surface area contributed by atoms with Crippen LogP contribution in [0.3, 0.4) is 0 Å². The normalized spacial score (nSPS) is 20.3. The third kappa shape index (κ3) is 2.18. The number of nitrogens with zero attached hydrogens (tertiary/aromatic N) is 1. The van der Waals surface area contributed by atoms with Gasteiger partial charge in [0.2, 0.25) is 0 Å². The van der Waals surface area contributed by atoms with Crippen LogP contribution in [0.4, 0.5) is 4.79 Å². The minimum atomic E-state index is -2.69. The summed E-state index contributed by atoms with van der Waals surface area (Å²) in [4.78, 5) is 10.6. The summed E-state index contributed by atoms with van der Waals surface area (Å²) in [6.45, 7) is 0. The highest BCUT2D eigenvalue weighted by Gasteiger charge is 2.47. The van der Waals surface area contributed by atoms with Crippen LogP contribution in [0.1, 0.15) is 12.8 Å². The van der Waals surface area contributed by atoms with Crippen LogP contribution < -0.4 is 4.72 Å². The van der Waals surface area contributed by atoms with Gasteiger partial charge >= 0.3 is 6.09 Å². The molecule has 1 aliphatic rings. The fraction of sp³-hybridized carbons (Fsp3) is 0.600. The highest BCUT2D eigenvalue weighted by molar-refractivity contribution is 7.77. The lowest BCUT2D eigenvalue weighted by Crippen LogP contribution is -2.30. The molecular formula is C5H5N2O4S-. The third-order valence-electron chi connectivity index (χ3n) is 1.36. The zero-order chi connectivity index (χ0) is 9.19. The van der Waals surface area contributed by atoms with Gasteiger partial charge in [0, 0.05) is 24.1 Å². The second kappa shape index (κ2) is 3.08. The Kier molecular flexibility index (Phi) is 2.30. The van der Waals surface area contributed by atoms with Crippen molar-refractivity contribution in [1.29, 1.82) is 5.26 Å². The highest BCUT2D eigenvalue weighted by atomic mass is 32.2. The summed E-state index contributed by atoms with van der Waals surface area (Å²) in [7, 11) is 0. The molecule has 0 aromatic rings. The van der Waals surface area contributed by atoms with Crippen LogP contribution >= 0.6 is 0 Å². The van der Waals surface area contributed by atoms with E-state index in [0.29, 0.717) is 12.8 Å². The molecule has 0 aliphatic heterocycles. The van der Waals surface area contributed by atoms with Crippen LogP contribution in [0.2, 0.25) is 0 Å². The molecule has 0 heterocycles. The van der Waals surface area contributed by atoms with Crippen molar-refractivity contribution in [3.8, 4) is 6.07 Å². The fourth-order valence-corrected chi connectivity index (χ4v) is 0.794. The molecule has 1 unspecified atom stereocenters. The molecule has 1 amide bonds. The number of carbonyl (C=O) groups is 1. The van der Waals surface area contributed by atoms with E-state index in [9.17, 15) is 13.6 Å². The molecule has 0 spiro atoms. The molecule has 0 saturated heterocycles. The van der Waals surface area contributed by atoms with Crippen LogP contribution in [0.15, 0.2) is 0 Å². The number of ether oxygens (including phenoxy) is 1. The third-order valence-corrected chi connectivity index (χ3v) is 1.70. The first kappa shape index (κ1) is 8.96. The second-order valence-corrected chi connectivity index (χ2v) is 3.01. The first-order chi connectivity index (χ1) is 5.58. The molecule has 1 N–H and O–H groups in total. The maximum atomic E-state index is 10.6. The summed E-state index contributed by atoms with van der Waals surface area (Å²) in [6.07, 6.45) is -0.187. The van der Waals surface area contributed by atoms with Gasteiger partial charge in [-0.1, -0.05) is 0 Å². The maximum Gasteiger partial charge on any atom is 0.419 e. The number of hydrogen-bond acceptors (Lipinski definition) is 5. The second-order valence-electron chi connectivity index (χ2n) is 2.33. The number of amides is 1. The molecule has 1 aliphatic carbocycles. The van der Waals surface area contributed by atoms with E-state index in [-0.39, 0.29) is 0 Å². The number of nitrogens with one attached hydrogen (secondary N) is 1. The van der Waals surface area contributed by atoms with E-state index in [0.717, 1.165) is 0 Å². The molecule has 1 rings (SSSR count). The van der Waals surface area contributed by atoms with Crippen molar-refractivity contribution in [1.82, 2.24) is 4.72 Å². The van der Waals surface area contributed by atoms with E-state index in [1.807, 2.05) is 0 Å². The quantitative estimate of drug-likeness (QED) is 0.593. The Bertz CT molecular complexity index is 267. The first-order valence-electron chi connectivity index (χ1n) is 3.08. The van der Waals surface area contributed by atoms with Gasteiger partial charge in [0.05, 0.1) is 0 Å². The maximum absolute atomic E-state index is 10.6. The Hall–Kier alpha value is -1.13. The molecule has 7 heteroatoms. The van der Waals surface area contributed by atoms with Crippen molar-refractivity contribution in [2.24, 2.45) is 0 Å². The van der Waals surface area contributed by atoms with Crippen LogP contribution in [-0.2, 0) is 16.0 Å². The highest BCUT2D eigenvalue weighted by Crippen LogP contribution is 2.38. The minimum absolute atomic E-state index is 0.461. The Balaban J connectivity index is 2.38.